The highest BCUT2D eigenvalue weighted by atomic mass is 16.3. The molecule has 0 fully saturated rings. The van der Waals surface area contributed by atoms with E-state index in [9.17, 15) is 0 Å². The normalized spacial score (nSPS) is 14.0. The average molecular weight is 820 g/mol. The SMILES string of the molecule is CN1C(c2ccc3ccccc3c2)=NC(c2cccc3c(-c4cccc5oc6ccc(-c7ccc(-c8ccccc8)cc7)cc6c45)cccc23)=NC1c1cccc(-c2ccccc2)c1. The zero-order valence-corrected chi connectivity index (χ0v) is 35.2. The topological polar surface area (TPSA) is 41.1 Å². The van der Waals surface area contributed by atoms with Crippen LogP contribution in [-0.4, -0.2) is 23.6 Å². The molecule has 302 valence electrons. The third-order valence-electron chi connectivity index (χ3n) is 12.7. The smallest absolute Gasteiger partial charge is 0.160 e. The molecule has 4 nitrogen and oxygen atoms in total. The molecule has 0 amide bonds. The summed E-state index contributed by atoms with van der Waals surface area (Å²) in [5.74, 6) is 1.58. The Morgan fingerprint density at radius 1 is 0.391 bits per heavy atom. The number of rotatable bonds is 7. The lowest BCUT2D eigenvalue weighted by Gasteiger charge is -2.33. The number of furan rings is 1. The maximum atomic E-state index is 6.55. The Hall–Kier alpha value is -8.34. The summed E-state index contributed by atoms with van der Waals surface area (Å²) in [6.07, 6.45) is -0.314. The fraction of sp³-hybridized carbons (Fsp3) is 0.0333. The van der Waals surface area contributed by atoms with E-state index in [1.165, 1.54) is 27.5 Å². The molecule has 12 rings (SSSR count). The third-order valence-corrected chi connectivity index (χ3v) is 12.7. The van der Waals surface area contributed by atoms with Crippen LogP contribution in [0.3, 0.4) is 0 Å². The molecule has 1 aliphatic rings. The van der Waals surface area contributed by atoms with Crippen LogP contribution in [0.15, 0.2) is 239 Å². The summed E-state index contributed by atoms with van der Waals surface area (Å²) in [4.78, 5) is 13.2. The van der Waals surface area contributed by atoms with Gasteiger partial charge in [0.2, 0.25) is 0 Å². The molecule has 0 radical (unpaired) electrons. The molecule has 1 unspecified atom stereocenters. The highest BCUT2D eigenvalue weighted by Gasteiger charge is 2.28. The largest absolute Gasteiger partial charge is 0.456 e. The second kappa shape index (κ2) is 15.5. The number of hydrogen-bond acceptors (Lipinski definition) is 4. The number of fused-ring (bicyclic) bond motifs is 5. The predicted molar refractivity (Wildman–Crippen MR) is 267 cm³/mol. The minimum absolute atomic E-state index is 0.314. The fourth-order valence-electron chi connectivity index (χ4n) is 9.52. The molecular formula is C60H41N3O. The monoisotopic (exact) mass is 819 g/mol. The van der Waals surface area contributed by atoms with Crippen molar-refractivity contribution in [3.8, 4) is 44.5 Å². The highest BCUT2D eigenvalue weighted by molar-refractivity contribution is 6.21. The van der Waals surface area contributed by atoms with Crippen molar-refractivity contribution in [3.63, 3.8) is 0 Å². The summed E-state index contributed by atoms with van der Waals surface area (Å²) in [5.41, 5.74) is 14.2. The van der Waals surface area contributed by atoms with Gasteiger partial charge in [0.1, 0.15) is 17.0 Å². The van der Waals surface area contributed by atoms with E-state index >= 15 is 0 Å². The Morgan fingerprint density at radius 3 is 1.73 bits per heavy atom. The molecule has 0 bridgehead atoms. The molecule has 11 aromatic rings. The summed E-state index contributed by atoms with van der Waals surface area (Å²) >= 11 is 0. The maximum absolute atomic E-state index is 6.55. The van der Waals surface area contributed by atoms with Crippen molar-refractivity contribution in [2.24, 2.45) is 9.98 Å². The van der Waals surface area contributed by atoms with Gasteiger partial charge in [0.25, 0.3) is 0 Å². The van der Waals surface area contributed by atoms with Crippen LogP contribution < -0.4 is 0 Å². The number of amidine groups is 2. The first-order valence-corrected chi connectivity index (χ1v) is 21.8. The van der Waals surface area contributed by atoms with Gasteiger partial charge in [-0.15, -0.1) is 0 Å². The van der Waals surface area contributed by atoms with Crippen molar-refractivity contribution in [2.75, 3.05) is 7.05 Å². The summed E-state index contributed by atoms with van der Waals surface area (Å²) in [5, 5.41) is 6.78. The minimum Gasteiger partial charge on any atom is -0.456 e. The van der Waals surface area contributed by atoms with Gasteiger partial charge in [0, 0.05) is 28.9 Å². The van der Waals surface area contributed by atoms with Crippen molar-refractivity contribution >= 4 is 55.2 Å². The lowest BCUT2D eigenvalue weighted by molar-refractivity contribution is 0.383. The van der Waals surface area contributed by atoms with Crippen LogP contribution in [0.4, 0.5) is 0 Å². The van der Waals surface area contributed by atoms with E-state index in [0.29, 0.717) is 5.84 Å². The van der Waals surface area contributed by atoms with Crippen molar-refractivity contribution < 1.29 is 4.42 Å². The van der Waals surface area contributed by atoms with Crippen LogP contribution in [0.25, 0.3) is 88.0 Å². The molecule has 2 heterocycles. The van der Waals surface area contributed by atoms with Crippen LogP contribution in [0, 0.1) is 0 Å². The van der Waals surface area contributed by atoms with E-state index in [1.54, 1.807) is 0 Å². The average Bonchev–Trinajstić information content (AvgIpc) is 3.75. The van der Waals surface area contributed by atoms with E-state index in [4.69, 9.17) is 14.4 Å². The van der Waals surface area contributed by atoms with E-state index < -0.39 is 0 Å². The van der Waals surface area contributed by atoms with Gasteiger partial charge in [-0.3, -0.25) is 0 Å². The summed E-state index contributed by atoms with van der Waals surface area (Å²) < 4.78 is 6.55. The lowest BCUT2D eigenvalue weighted by Crippen LogP contribution is -2.35. The van der Waals surface area contributed by atoms with Gasteiger partial charge < -0.3 is 9.32 Å². The van der Waals surface area contributed by atoms with Crippen molar-refractivity contribution in [1.82, 2.24) is 4.90 Å². The molecule has 0 saturated carbocycles. The van der Waals surface area contributed by atoms with Gasteiger partial charge >= 0.3 is 0 Å². The van der Waals surface area contributed by atoms with Crippen LogP contribution >= 0.6 is 0 Å². The highest BCUT2D eigenvalue weighted by Crippen LogP contribution is 2.42. The molecule has 10 aromatic carbocycles. The third kappa shape index (κ3) is 6.56. The van der Waals surface area contributed by atoms with Crippen LogP contribution in [-0.2, 0) is 0 Å². The molecule has 1 atom stereocenters. The number of nitrogens with zero attached hydrogens (tertiary/aromatic N) is 3. The van der Waals surface area contributed by atoms with E-state index in [0.717, 1.165) is 83.1 Å². The summed E-state index contributed by atoms with van der Waals surface area (Å²) in [6.45, 7) is 0. The van der Waals surface area contributed by atoms with Gasteiger partial charge in [-0.1, -0.05) is 194 Å². The molecule has 0 N–H and O–H groups in total. The quantitative estimate of drug-likeness (QED) is 0.161. The second-order valence-corrected chi connectivity index (χ2v) is 16.6. The first-order valence-electron chi connectivity index (χ1n) is 21.8. The van der Waals surface area contributed by atoms with Crippen LogP contribution in [0.5, 0.6) is 0 Å². The standard InChI is InChI=1S/C60H41N3O/c1-63-59(47-21-10-20-45(36-47)40-16-6-3-7-17-40)61-58(62-60(63)48-33-32-41-18-8-9-19-44(41)37-48)53-26-12-22-49-50(23-11-24-51(49)53)52-25-13-27-56-57(52)54-38-46(34-35-55(54)64-56)43-30-28-42(29-31-43)39-14-4-2-5-15-39/h2-38,59H,1H3. The molecule has 1 aromatic heterocycles. The molecule has 0 saturated heterocycles. The minimum atomic E-state index is -0.314. The second-order valence-electron chi connectivity index (χ2n) is 16.6. The van der Waals surface area contributed by atoms with Gasteiger partial charge in [0.15, 0.2) is 12.0 Å². The van der Waals surface area contributed by atoms with Gasteiger partial charge in [0.05, 0.1) is 0 Å². The Kier molecular flexibility index (Phi) is 9.08. The Morgan fingerprint density at radius 2 is 0.953 bits per heavy atom. The maximum Gasteiger partial charge on any atom is 0.160 e. The van der Waals surface area contributed by atoms with E-state index in [-0.39, 0.29) is 6.17 Å². The molecular weight excluding hydrogens is 779 g/mol. The van der Waals surface area contributed by atoms with E-state index in [1.807, 2.05) is 0 Å². The van der Waals surface area contributed by atoms with Crippen molar-refractivity contribution in [3.05, 3.63) is 241 Å². The number of hydrogen-bond donors (Lipinski definition) is 0. The lowest BCUT2D eigenvalue weighted by atomic mass is 9.92. The van der Waals surface area contributed by atoms with Gasteiger partial charge in [-0.05, 0) is 102 Å². The predicted octanol–water partition coefficient (Wildman–Crippen LogP) is 15.4. The summed E-state index contributed by atoms with van der Waals surface area (Å²) in [6, 6.07) is 79.8. The first-order chi connectivity index (χ1) is 31.6. The zero-order valence-electron chi connectivity index (χ0n) is 35.2. The molecule has 64 heavy (non-hydrogen) atoms. The summed E-state index contributed by atoms with van der Waals surface area (Å²) in [7, 11) is 2.11. The Balaban J connectivity index is 0.994. The zero-order chi connectivity index (χ0) is 42.6. The molecule has 0 aliphatic carbocycles. The number of aliphatic imine (C=N–C) groups is 2. The molecule has 4 heteroatoms. The van der Waals surface area contributed by atoms with Gasteiger partial charge in [-0.2, -0.15) is 0 Å². The van der Waals surface area contributed by atoms with Gasteiger partial charge in [-0.25, -0.2) is 9.98 Å². The Bertz CT molecular complexity index is 3620. The fourth-order valence-corrected chi connectivity index (χ4v) is 9.52. The first kappa shape index (κ1) is 37.4. The molecule has 0 spiro atoms. The number of benzene rings is 10. The van der Waals surface area contributed by atoms with E-state index in [2.05, 4.69) is 236 Å². The van der Waals surface area contributed by atoms with Crippen LogP contribution in [0.1, 0.15) is 22.9 Å². The van der Waals surface area contributed by atoms with Crippen molar-refractivity contribution in [1.29, 1.82) is 0 Å². The molecule has 1 aliphatic heterocycles. The Labute approximate surface area is 371 Å². The van der Waals surface area contributed by atoms with Crippen LogP contribution in [0.2, 0.25) is 0 Å². The van der Waals surface area contributed by atoms with Crippen molar-refractivity contribution in [2.45, 2.75) is 6.17 Å².